The second-order valence-electron chi connectivity index (χ2n) is 8.72. The second kappa shape index (κ2) is 12.8. The molecule has 0 aromatic heterocycles. The zero-order chi connectivity index (χ0) is 26.2. The topological polar surface area (TPSA) is 96.0 Å². The summed E-state index contributed by atoms with van der Waals surface area (Å²) in [5.74, 6) is -0.311. The van der Waals surface area contributed by atoms with Gasteiger partial charge >= 0.3 is 0 Å². The van der Waals surface area contributed by atoms with Gasteiger partial charge in [-0.3, -0.25) is 13.9 Å². The summed E-state index contributed by atoms with van der Waals surface area (Å²) in [5.41, 5.74) is 1.15. The highest BCUT2D eigenvalue weighted by molar-refractivity contribution is 7.92. The number of nitrogens with zero attached hydrogens (tertiary/aromatic N) is 2. The normalized spacial score (nSPS) is 12.2. The lowest BCUT2D eigenvalue weighted by Gasteiger charge is -2.32. The van der Waals surface area contributed by atoms with E-state index in [9.17, 15) is 18.0 Å². The number of carbonyl (C=O) groups excluding carboxylic acids is 2. The molecule has 10 heteroatoms. The van der Waals surface area contributed by atoms with Crippen LogP contribution < -0.4 is 14.4 Å². The van der Waals surface area contributed by atoms with Crippen molar-refractivity contribution in [2.24, 2.45) is 5.92 Å². The van der Waals surface area contributed by atoms with Crippen molar-refractivity contribution in [3.05, 3.63) is 59.1 Å². The first kappa shape index (κ1) is 28.5. The molecule has 2 aromatic rings. The first-order valence-corrected chi connectivity index (χ1v) is 13.6. The maximum Gasteiger partial charge on any atom is 0.244 e. The zero-order valence-corrected chi connectivity index (χ0v) is 22.4. The molecule has 2 aromatic carbocycles. The molecule has 2 rings (SSSR count). The van der Waals surface area contributed by atoms with Crippen LogP contribution in [0.1, 0.15) is 26.3 Å². The van der Waals surface area contributed by atoms with Gasteiger partial charge in [0.25, 0.3) is 0 Å². The van der Waals surface area contributed by atoms with Crippen molar-refractivity contribution in [2.45, 2.75) is 33.2 Å². The summed E-state index contributed by atoms with van der Waals surface area (Å²) in [4.78, 5) is 27.8. The Morgan fingerprint density at radius 2 is 1.74 bits per heavy atom. The van der Waals surface area contributed by atoms with Crippen molar-refractivity contribution in [2.75, 3.05) is 37.3 Å². The van der Waals surface area contributed by atoms with Crippen LogP contribution in [0.4, 0.5) is 5.69 Å². The number of carbonyl (C=O) groups is 2. The Bertz CT molecular complexity index is 1110. The minimum absolute atomic E-state index is 0.149. The monoisotopic (exact) mass is 523 g/mol. The highest BCUT2D eigenvalue weighted by Crippen LogP contribution is 2.32. The molecule has 0 fully saturated rings. The van der Waals surface area contributed by atoms with Crippen molar-refractivity contribution >= 4 is 39.1 Å². The first-order chi connectivity index (χ1) is 16.4. The molecule has 0 radical (unpaired) electrons. The Morgan fingerprint density at radius 1 is 1.09 bits per heavy atom. The fourth-order valence-electron chi connectivity index (χ4n) is 3.48. The second-order valence-corrected chi connectivity index (χ2v) is 11.1. The largest absolute Gasteiger partial charge is 0.495 e. The van der Waals surface area contributed by atoms with Gasteiger partial charge in [0.1, 0.15) is 18.3 Å². The lowest BCUT2D eigenvalue weighted by Crippen LogP contribution is -2.52. The molecule has 8 nitrogen and oxygen atoms in total. The molecule has 0 aliphatic rings. The van der Waals surface area contributed by atoms with Crippen molar-refractivity contribution in [3.63, 3.8) is 0 Å². The van der Waals surface area contributed by atoms with Gasteiger partial charge in [-0.05, 0) is 43.0 Å². The number of benzene rings is 2. The Balaban J connectivity index is 2.36. The van der Waals surface area contributed by atoms with E-state index in [0.29, 0.717) is 18.0 Å². The van der Waals surface area contributed by atoms with Gasteiger partial charge in [-0.25, -0.2) is 8.42 Å². The molecule has 1 atom stereocenters. The highest BCUT2D eigenvalue weighted by atomic mass is 35.5. The smallest absolute Gasteiger partial charge is 0.244 e. The van der Waals surface area contributed by atoms with E-state index in [1.165, 1.54) is 24.1 Å². The molecule has 0 saturated heterocycles. The molecule has 192 valence electrons. The number of ether oxygens (including phenoxy) is 1. The van der Waals surface area contributed by atoms with Crippen molar-refractivity contribution in [3.8, 4) is 5.75 Å². The Morgan fingerprint density at radius 3 is 2.31 bits per heavy atom. The first-order valence-electron chi connectivity index (χ1n) is 11.4. The highest BCUT2D eigenvalue weighted by Gasteiger charge is 2.31. The molecule has 0 unspecified atom stereocenters. The molecule has 1 N–H and O–H groups in total. The van der Waals surface area contributed by atoms with Crippen LogP contribution in [0.25, 0.3) is 0 Å². The van der Waals surface area contributed by atoms with E-state index >= 15 is 0 Å². The number of methoxy groups -OCH3 is 1. The number of sulfonamides is 1. The molecular weight excluding hydrogens is 490 g/mol. The number of anilines is 1. The van der Waals surface area contributed by atoms with Gasteiger partial charge in [-0.2, -0.15) is 0 Å². The van der Waals surface area contributed by atoms with E-state index in [2.05, 4.69) is 5.32 Å². The summed E-state index contributed by atoms with van der Waals surface area (Å²) in [5, 5.41) is 3.15. The van der Waals surface area contributed by atoms with E-state index in [1.807, 2.05) is 44.2 Å². The fraction of sp³-hybridized carbons (Fsp3) is 0.440. The number of halogens is 1. The van der Waals surface area contributed by atoms with Crippen LogP contribution in [0.3, 0.4) is 0 Å². The third kappa shape index (κ3) is 8.43. The molecule has 2 amide bonds. The SMILES string of the molecule is COc1ccc(Cl)cc1N(CC(=O)N(CCc1ccccc1)[C@H](C)C(=O)NCC(C)C)S(C)(=O)=O. The van der Waals surface area contributed by atoms with E-state index in [4.69, 9.17) is 16.3 Å². The molecule has 0 heterocycles. The van der Waals surface area contributed by atoms with Gasteiger partial charge in [0.2, 0.25) is 21.8 Å². The van der Waals surface area contributed by atoms with Crippen molar-refractivity contribution < 1.29 is 22.7 Å². The summed E-state index contributed by atoms with van der Waals surface area (Å²) in [6.07, 6.45) is 1.52. The van der Waals surface area contributed by atoms with Gasteiger partial charge in [0.05, 0.1) is 19.1 Å². The van der Waals surface area contributed by atoms with Gasteiger partial charge < -0.3 is 15.0 Å². The van der Waals surface area contributed by atoms with Crippen LogP contribution in [-0.2, 0) is 26.0 Å². The lowest BCUT2D eigenvalue weighted by atomic mass is 10.1. The molecule has 0 bridgehead atoms. The standard InChI is InChI=1S/C25H34ClN3O5S/c1-18(2)16-27-25(31)19(3)28(14-13-20-9-7-6-8-10-20)24(30)17-29(35(5,32)33)22-15-21(26)11-12-23(22)34-4/h6-12,15,18-19H,13-14,16-17H2,1-5H3,(H,27,31)/t19-/m1/s1. The minimum atomic E-state index is -3.88. The Hall–Kier alpha value is -2.78. The predicted molar refractivity (Wildman–Crippen MR) is 139 cm³/mol. The van der Waals surface area contributed by atoms with Gasteiger partial charge in [-0.1, -0.05) is 55.8 Å². The number of nitrogens with one attached hydrogen (secondary N) is 1. The molecule has 0 saturated carbocycles. The summed E-state index contributed by atoms with van der Waals surface area (Å²) in [6.45, 7) is 5.80. The third-order valence-electron chi connectivity index (χ3n) is 5.42. The van der Waals surface area contributed by atoms with Gasteiger partial charge in [0, 0.05) is 18.1 Å². The average Bonchev–Trinajstić information content (AvgIpc) is 2.80. The fourth-order valence-corrected chi connectivity index (χ4v) is 4.49. The third-order valence-corrected chi connectivity index (χ3v) is 6.79. The Kier molecular flexibility index (Phi) is 10.4. The van der Waals surface area contributed by atoms with Crippen LogP contribution in [0, 0.1) is 5.92 Å². The van der Waals surface area contributed by atoms with Crippen molar-refractivity contribution in [1.82, 2.24) is 10.2 Å². The number of hydrogen-bond acceptors (Lipinski definition) is 5. The number of rotatable bonds is 12. The maximum atomic E-state index is 13.5. The Labute approximate surface area is 213 Å². The molecule has 35 heavy (non-hydrogen) atoms. The van der Waals surface area contributed by atoms with Crippen LogP contribution >= 0.6 is 11.6 Å². The summed E-state index contributed by atoms with van der Waals surface area (Å²) in [6, 6.07) is 13.3. The quantitative estimate of drug-likeness (QED) is 0.460. The lowest BCUT2D eigenvalue weighted by molar-refractivity contribution is -0.138. The van der Waals surface area contributed by atoms with Crippen LogP contribution in [0.15, 0.2) is 48.5 Å². The average molecular weight is 524 g/mol. The molecule has 0 aliphatic carbocycles. The predicted octanol–water partition coefficient (Wildman–Crippen LogP) is 3.35. The zero-order valence-electron chi connectivity index (χ0n) is 20.8. The summed E-state index contributed by atoms with van der Waals surface area (Å²) >= 11 is 6.11. The van der Waals surface area contributed by atoms with Crippen LogP contribution in [0.2, 0.25) is 5.02 Å². The van der Waals surface area contributed by atoms with Crippen LogP contribution in [-0.4, -0.2) is 64.2 Å². The van der Waals surface area contributed by atoms with Crippen LogP contribution in [0.5, 0.6) is 5.75 Å². The minimum Gasteiger partial charge on any atom is -0.495 e. The summed E-state index contributed by atoms with van der Waals surface area (Å²) < 4.78 is 31.7. The van der Waals surface area contributed by atoms with Gasteiger partial charge in [-0.15, -0.1) is 0 Å². The maximum absolute atomic E-state index is 13.5. The molecule has 0 spiro atoms. The summed E-state index contributed by atoms with van der Waals surface area (Å²) in [7, 11) is -2.48. The van der Waals surface area contributed by atoms with E-state index in [-0.39, 0.29) is 29.8 Å². The number of hydrogen-bond donors (Lipinski definition) is 1. The van der Waals surface area contributed by atoms with E-state index in [1.54, 1.807) is 13.0 Å². The molecular formula is C25H34ClN3O5S. The number of amides is 2. The van der Waals surface area contributed by atoms with E-state index in [0.717, 1.165) is 16.1 Å². The molecule has 0 aliphatic heterocycles. The van der Waals surface area contributed by atoms with Gasteiger partial charge in [0.15, 0.2) is 0 Å². The van der Waals surface area contributed by atoms with E-state index < -0.39 is 28.5 Å². The van der Waals surface area contributed by atoms with Crippen molar-refractivity contribution in [1.29, 1.82) is 0 Å².